The SMILES string of the molecule is O=C(NNC(=O)c1ccc(OC(F)F)cc1)c1ccc(Cn2nnc(-c3ccccc3)n2)cc1. The summed E-state index contributed by atoms with van der Waals surface area (Å²) >= 11 is 0. The second-order valence-electron chi connectivity index (χ2n) is 7.02. The van der Waals surface area contributed by atoms with Crippen LogP contribution in [-0.2, 0) is 6.54 Å². The number of nitrogens with one attached hydrogen (secondary N) is 2. The molecule has 0 atom stereocenters. The summed E-state index contributed by atoms with van der Waals surface area (Å²) in [5.74, 6) is -0.695. The lowest BCUT2D eigenvalue weighted by atomic mass is 10.1. The van der Waals surface area contributed by atoms with E-state index in [4.69, 9.17) is 0 Å². The van der Waals surface area contributed by atoms with Gasteiger partial charge in [-0.1, -0.05) is 42.5 Å². The smallest absolute Gasteiger partial charge is 0.387 e. The van der Waals surface area contributed by atoms with Gasteiger partial charge in [-0.05, 0) is 47.2 Å². The first-order chi connectivity index (χ1) is 16.5. The summed E-state index contributed by atoms with van der Waals surface area (Å²) in [4.78, 5) is 25.9. The Labute approximate surface area is 192 Å². The van der Waals surface area contributed by atoms with Crippen LogP contribution in [0, 0.1) is 0 Å². The summed E-state index contributed by atoms with van der Waals surface area (Å²) in [6.07, 6.45) is 0. The summed E-state index contributed by atoms with van der Waals surface area (Å²) in [6, 6.07) is 21.2. The Bertz CT molecular complexity index is 1260. The number of nitrogens with zero attached hydrogens (tertiary/aromatic N) is 4. The minimum atomic E-state index is -2.95. The van der Waals surface area contributed by atoms with E-state index in [0.717, 1.165) is 11.1 Å². The van der Waals surface area contributed by atoms with E-state index in [0.29, 0.717) is 17.9 Å². The zero-order valence-corrected chi connectivity index (χ0v) is 17.6. The first-order valence-electron chi connectivity index (χ1n) is 10.1. The third-order valence-electron chi connectivity index (χ3n) is 4.66. The predicted molar refractivity (Wildman–Crippen MR) is 117 cm³/mol. The van der Waals surface area contributed by atoms with E-state index >= 15 is 0 Å². The largest absolute Gasteiger partial charge is 0.435 e. The number of amides is 2. The fraction of sp³-hybridized carbons (Fsp3) is 0.0870. The molecule has 172 valence electrons. The van der Waals surface area contributed by atoms with Gasteiger partial charge < -0.3 is 4.74 Å². The van der Waals surface area contributed by atoms with E-state index in [-0.39, 0.29) is 11.3 Å². The van der Waals surface area contributed by atoms with E-state index in [9.17, 15) is 18.4 Å². The van der Waals surface area contributed by atoms with Gasteiger partial charge in [-0.15, -0.1) is 10.2 Å². The molecule has 11 heteroatoms. The second-order valence-corrected chi connectivity index (χ2v) is 7.02. The van der Waals surface area contributed by atoms with Crippen LogP contribution in [0.4, 0.5) is 8.78 Å². The molecule has 0 radical (unpaired) electrons. The molecular formula is C23H18F2N6O3. The molecule has 0 aliphatic heterocycles. The number of carbonyl (C=O) groups excluding carboxylic acids is 2. The van der Waals surface area contributed by atoms with Crippen LogP contribution >= 0.6 is 0 Å². The van der Waals surface area contributed by atoms with Crippen LogP contribution in [0.3, 0.4) is 0 Å². The molecule has 34 heavy (non-hydrogen) atoms. The Balaban J connectivity index is 1.30. The van der Waals surface area contributed by atoms with Gasteiger partial charge in [-0.2, -0.15) is 13.6 Å². The maximum Gasteiger partial charge on any atom is 0.387 e. The highest BCUT2D eigenvalue weighted by atomic mass is 19.3. The van der Waals surface area contributed by atoms with E-state index in [1.165, 1.54) is 29.1 Å². The van der Waals surface area contributed by atoms with Crippen molar-refractivity contribution in [3.05, 3.63) is 95.6 Å². The van der Waals surface area contributed by atoms with Crippen molar-refractivity contribution in [2.24, 2.45) is 0 Å². The van der Waals surface area contributed by atoms with Gasteiger partial charge in [-0.25, -0.2) is 0 Å². The van der Waals surface area contributed by atoms with Gasteiger partial charge in [0.25, 0.3) is 11.8 Å². The molecule has 0 aliphatic carbocycles. The Morgan fingerprint density at radius 2 is 1.44 bits per heavy atom. The van der Waals surface area contributed by atoms with E-state index in [2.05, 4.69) is 31.0 Å². The first kappa shape index (κ1) is 22.5. The van der Waals surface area contributed by atoms with Crippen molar-refractivity contribution < 1.29 is 23.1 Å². The molecule has 0 fully saturated rings. The highest BCUT2D eigenvalue weighted by Gasteiger charge is 2.11. The number of carbonyl (C=O) groups is 2. The lowest BCUT2D eigenvalue weighted by Gasteiger charge is -2.09. The average molecular weight is 464 g/mol. The Hall–Kier alpha value is -4.67. The van der Waals surface area contributed by atoms with Crippen molar-refractivity contribution in [1.82, 2.24) is 31.1 Å². The Kier molecular flexibility index (Phi) is 6.82. The molecule has 4 rings (SSSR count). The highest BCUT2D eigenvalue weighted by molar-refractivity contribution is 5.99. The predicted octanol–water partition coefficient (Wildman–Crippen LogP) is 3.06. The molecule has 3 aromatic carbocycles. The van der Waals surface area contributed by atoms with E-state index in [1.54, 1.807) is 24.3 Å². The Morgan fingerprint density at radius 1 is 0.853 bits per heavy atom. The van der Waals surface area contributed by atoms with Gasteiger partial charge in [0.05, 0.1) is 6.54 Å². The standard InChI is InChI=1S/C23H18F2N6O3/c24-23(25)34-19-12-10-18(11-13-19)22(33)28-27-21(32)17-8-6-15(7-9-17)14-31-29-20(26-30-31)16-4-2-1-3-5-16/h1-13,23H,14H2,(H,27,32)(H,28,33). The van der Waals surface area contributed by atoms with Crippen molar-refractivity contribution in [3.8, 4) is 17.1 Å². The number of hydrazine groups is 1. The van der Waals surface area contributed by atoms with Gasteiger partial charge in [0.2, 0.25) is 5.82 Å². The van der Waals surface area contributed by atoms with Crippen LogP contribution in [0.25, 0.3) is 11.4 Å². The second kappa shape index (κ2) is 10.3. The van der Waals surface area contributed by atoms with Gasteiger partial charge >= 0.3 is 6.61 Å². The third kappa shape index (κ3) is 5.76. The summed E-state index contributed by atoms with van der Waals surface area (Å²) < 4.78 is 28.6. The average Bonchev–Trinajstić information content (AvgIpc) is 3.32. The zero-order valence-electron chi connectivity index (χ0n) is 17.6. The number of benzene rings is 3. The number of ether oxygens (including phenoxy) is 1. The zero-order chi connectivity index (χ0) is 23.9. The molecule has 1 heterocycles. The Morgan fingerprint density at radius 3 is 2.03 bits per heavy atom. The van der Waals surface area contributed by atoms with Crippen LogP contribution < -0.4 is 15.6 Å². The third-order valence-corrected chi connectivity index (χ3v) is 4.66. The van der Waals surface area contributed by atoms with Crippen molar-refractivity contribution in [2.45, 2.75) is 13.2 Å². The van der Waals surface area contributed by atoms with Gasteiger partial charge in [0.1, 0.15) is 5.75 Å². The number of aromatic nitrogens is 4. The van der Waals surface area contributed by atoms with Gasteiger partial charge in [-0.3, -0.25) is 20.4 Å². The summed E-state index contributed by atoms with van der Waals surface area (Å²) in [7, 11) is 0. The normalized spacial score (nSPS) is 10.7. The molecule has 4 aromatic rings. The number of tetrazole rings is 1. The summed E-state index contributed by atoms with van der Waals surface area (Å²) in [5, 5.41) is 12.4. The molecular weight excluding hydrogens is 446 g/mol. The summed E-state index contributed by atoms with van der Waals surface area (Å²) in [6.45, 7) is -2.59. The first-order valence-corrected chi connectivity index (χ1v) is 10.1. The van der Waals surface area contributed by atoms with Crippen molar-refractivity contribution in [1.29, 1.82) is 0 Å². The van der Waals surface area contributed by atoms with Crippen LogP contribution in [0.2, 0.25) is 0 Å². The number of hydrogen-bond donors (Lipinski definition) is 2. The molecule has 0 saturated heterocycles. The molecule has 2 N–H and O–H groups in total. The van der Waals surface area contributed by atoms with Crippen molar-refractivity contribution >= 4 is 11.8 Å². The maximum atomic E-state index is 12.3. The van der Waals surface area contributed by atoms with Crippen LogP contribution in [0.1, 0.15) is 26.3 Å². The minimum Gasteiger partial charge on any atom is -0.435 e. The van der Waals surface area contributed by atoms with Crippen molar-refractivity contribution in [2.75, 3.05) is 0 Å². The molecule has 2 amide bonds. The molecule has 0 saturated carbocycles. The van der Waals surface area contributed by atoms with Crippen LogP contribution in [0.5, 0.6) is 5.75 Å². The number of hydrogen-bond acceptors (Lipinski definition) is 6. The van der Waals surface area contributed by atoms with Crippen LogP contribution in [0.15, 0.2) is 78.9 Å². The fourth-order valence-electron chi connectivity index (χ4n) is 2.98. The quantitative estimate of drug-likeness (QED) is 0.407. The van der Waals surface area contributed by atoms with Crippen molar-refractivity contribution in [3.63, 3.8) is 0 Å². The van der Waals surface area contributed by atoms with E-state index < -0.39 is 18.4 Å². The van der Waals surface area contributed by atoms with Gasteiger partial charge in [0.15, 0.2) is 0 Å². The molecule has 0 bridgehead atoms. The molecule has 1 aromatic heterocycles. The lowest BCUT2D eigenvalue weighted by Crippen LogP contribution is -2.41. The topological polar surface area (TPSA) is 111 Å². The van der Waals surface area contributed by atoms with Crippen LogP contribution in [-0.4, -0.2) is 38.6 Å². The number of halogens is 2. The van der Waals surface area contributed by atoms with E-state index in [1.807, 2.05) is 30.3 Å². The number of rotatable bonds is 7. The fourth-order valence-corrected chi connectivity index (χ4v) is 2.98. The number of alkyl halides is 2. The molecule has 0 aliphatic rings. The lowest BCUT2D eigenvalue weighted by molar-refractivity contribution is -0.0498. The monoisotopic (exact) mass is 464 g/mol. The maximum absolute atomic E-state index is 12.3. The molecule has 0 spiro atoms. The molecule has 0 unspecified atom stereocenters. The van der Waals surface area contributed by atoms with Gasteiger partial charge in [0, 0.05) is 16.7 Å². The summed E-state index contributed by atoms with van der Waals surface area (Å²) in [5.41, 5.74) is 6.77. The molecule has 9 nitrogen and oxygen atoms in total. The highest BCUT2D eigenvalue weighted by Crippen LogP contribution is 2.15. The minimum absolute atomic E-state index is 0.0759.